The first kappa shape index (κ1) is 14.5. The van der Waals surface area contributed by atoms with E-state index in [1.807, 2.05) is 0 Å². The van der Waals surface area contributed by atoms with Crippen LogP contribution in [0.15, 0.2) is 24.3 Å². The summed E-state index contributed by atoms with van der Waals surface area (Å²) in [6.07, 6.45) is 3.50. The van der Waals surface area contributed by atoms with E-state index in [-0.39, 0.29) is 0 Å². The van der Waals surface area contributed by atoms with Crippen LogP contribution >= 0.6 is 0 Å². The topological polar surface area (TPSA) is 21.3 Å². The third-order valence-corrected chi connectivity index (χ3v) is 4.14. The molecular weight excluding hydrogens is 234 g/mol. The number of nitrogens with one attached hydrogen (secondary N) is 1. The fraction of sp³-hybridized carbons (Fsp3) is 0.647. The lowest BCUT2D eigenvalue weighted by atomic mass is 9.75. The van der Waals surface area contributed by atoms with Gasteiger partial charge in [0.25, 0.3) is 0 Å². The molecule has 1 aliphatic heterocycles. The Hall–Kier alpha value is -0.860. The number of ether oxygens (including phenoxy) is 1. The van der Waals surface area contributed by atoms with E-state index in [1.165, 1.54) is 24.0 Å². The SMILES string of the molecule is Cc1ccc(CC2(CNC(C)C)CCOCC2)cc1. The van der Waals surface area contributed by atoms with Crippen LogP contribution in [0.3, 0.4) is 0 Å². The molecule has 0 saturated carbocycles. The van der Waals surface area contributed by atoms with Gasteiger partial charge in [0.1, 0.15) is 0 Å². The van der Waals surface area contributed by atoms with E-state index in [4.69, 9.17) is 4.74 Å². The number of hydrogen-bond donors (Lipinski definition) is 1. The Morgan fingerprint density at radius 3 is 2.37 bits per heavy atom. The lowest BCUT2D eigenvalue weighted by Gasteiger charge is -2.38. The summed E-state index contributed by atoms with van der Waals surface area (Å²) >= 11 is 0. The van der Waals surface area contributed by atoms with Crippen molar-refractivity contribution >= 4 is 0 Å². The minimum atomic E-state index is 0.373. The van der Waals surface area contributed by atoms with Crippen molar-refractivity contribution in [2.45, 2.75) is 46.1 Å². The molecule has 106 valence electrons. The smallest absolute Gasteiger partial charge is 0.0471 e. The van der Waals surface area contributed by atoms with E-state index in [2.05, 4.69) is 50.4 Å². The standard InChI is InChI=1S/C17H27NO/c1-14(2)18-13-17(8-10-19-11-9-17)12-16-6-4-15(3)5-7-16/h4-7,14,18H,8-13H2,1-3H3. The van der Waals surface area contributed by atoms with E-state index >= 15 is 0 Å². The third-order valence-electron chi connectivity index (χ3n) is 4.14. The van der Waals surface area contributed by atoms with Crippen molar-refractivity contribution in [3.63, 3.8) is 0 Å². The number of aryl methyl sites for hydroxylation is 1. The molecule has 2 heteroatoms. The van der Waals surface area contributed by atoms with E-state index in [0.29, 0.717) is 11.5 Å². The van der Waals surface area contributed by atoms with E-state index in [9.17, 15) is 0 Å². The van der Waals surface area contributed by atoms with Crippen LogP contribution in [-0.4, -0.2) is 25.8 Å². The van der Waals surface area contributed by atoms with Crippen LogP contribution in [0.2, 0.25) is 0 Å². The van der Waals surface area contributed by atoms with Crippen LogP contribution in [0, 0.1) is 12.3 Å². The molecule has 0 spiro atoms. The Balaban J connectivity index is 2.06. The molecular formula is C17H27NO. The molecule has 2 rings (SSSR count). The highest BCUT2D eigenvalue weighted by Gasteiger charge is 2.32. The van der Waals surface area contributed by atoms with Gasteiger partial charge in [0.15, 0.2) is 0 Å². The average Bonchev–Trinajstić information content (AvgIpc) is 2.41. The molecule has 0 bridgehead atoms. The Morgan fingerprint density at radius 2 is 1.79 bits per heavy atom. The second-order valence-corrected chi connectivity index (χ2v) is 6.31. The molecule has 0 amide bonds. The molecule has 1 aromatic carbocycles. The molecule has 1 aliphatic rings. The van der Waals surface area contributed by atoms with Gasteiger partial charge < -0.3 is 10.1 Å². The lowest BCUT2D eigenvalue weighted by Crippen LogP contribution is -2.42. The van der Waals surface area contributed by atoms with Gasteiger partial charge in [0.2, 0.25) is 0 Å². The lowest BCUT2D eigenvalue weighted by molar-refractivity contribution is 0.0141. The Morgan fingerprint density at radius 1 is 1.16 bits per heavy atom. The van der Waals surface area contributed by atoms with Crippen molar-refractivity contribution < 1.29 is 4.74 Å². The summed E-state index contributed by atoms with van der Waals surface area (Å²) in [5, 5.41) is 3.63. The van der Waals surface area contributed by atoms with Crippen molar-refractivity contribution in [3.8, 4) is 0 Å². The highest BCUT2D eigenvalue weighted by molar-refractivity contribution is 5.22. The molecule has 19 heavy (non-hydrogen) atoms. The molecule has 1 aromatic rings. The zero-order valence-electron chi connectivity index (χ0n) is 12.5. The highest BCUT2D eigenvalue weighted by Crippen LogP contribution is 2.34. The van der Waals surface area contributed by atoms with Crippen molar-refractivity contribution in [2.24, 2.45) is 5.41 Å². The summed E-state index contributed by atoms with van der Waals surface area (Å²) in [6.45, 7) is 9.51. The molecule has 0 atom stereocenters. The van der Waals surface area contributed by atoms with Gasteiger partial charge in [-0.1, -0.05) is 43.7 Å². The maximum atomic E-state index is 5.56. The summed E-state index contributed by atoms with van der Waals surface area (Å²) in [7, 11) is 0. The summed E-state index contributed by atoms with van der Waals surface area (Å²) in [6, 6.07) is 9.55. The van der Waals surface area contributed by atoms with Crippen molar-refractivity contribution in [1.29, 1.82) is 0 Å². The monoisotopic (exact) mass is 261 g/mol. The largest absolute Gasteiger partial charge is 0.381 e. The van der Waals surface area contributed by atoms with Gasteiger partial charge >= 0.3 is 0 Å². The van der Waals surface area contributed by atoms with E-state index < -0.39 is 0 Å². The maximum Gasteiger partial charge on any atom is 0.0471 e. The van der Waals surface area contributed by atoms with Gasteiger partial charge in [0.05, 0.1) is 0 Å². The molecule has 0 unspecified atom stereocenters. The van der Waals surface area contributed by atoms with Crippen LogP contribution in [0.1, 0.15) is 37.8 Å². The summed E-state index contributed by atoms with van der Waals surface area (Å²) in [5.41, 5.74) is 3.17. The van der Waals surface area contributed by atoms with E-state index in [1.54, 1.807) is 0 Å². The predicted molar refractivity (Wildman–Crippen MR) is 80.5 cm³/mol. The first-order valence-electron chi connectivity index (χ1n) is 7.46. The Bertz CT molecular complexity index is 377. The zero-order chi connectivity index (χ0) is 13.7. The second-order valence-electron chi connectivity index (χ2n) is 6.31. The molecule has 1 saturated heterocycles. The number of hydrogen-bond acceptors (Lipinski definition) is 2. The molecule has 1 N–H and O–H groups in total. The minimum absolute atomic E-state index is 0.373. The summed E-state index contributed by atoms with van der Waals surface area (Å²) in [5.74, 6) is 0. The maximum absolute atomic E-state index is 5.56. The van der Waals surface area contributed by atoms with Gasteiger partial charge in [-0.3, -0.25) is 0 Å². The fourth-order valence-electron chi connectivity index (χ4n) is 2.78. The molecule has 0 aliphatic carbocycles. The van der Waals surface area contributed by atoms with Crippen molar-refractivity contribution in [1.82, 2.24) is 5.32 Å². The normalized spacial score (nSPS) is 18.7. The van der Waals surface area contributed by atoms with Gasteiger partial charge in [-0.25, -0.2) is 0 Å². The fourth-order valence-corrected chi connectivity index (χ4v) is 2.78. The quantitative estimate of drug-likeness (QED) is 0.878. The second kappa shape index (κ2) is 6.53. The van der Waals surface area contributed by atoms with E-state index in [0.717, 1.165) is 26.2 Å². The summed E-state index contributed by atoms with van der Waals surface area (Å²) in [4.78, 5) is 0. The van der Waals surface area contributed by atoms with Crippen molar-refractivity contribution in [2.75, 3.05) is 19.8 Å². The molecule has 0 aromatic heterocycles. The van der Waals surface area contributed by atoms with Gasteiger partial charge in [-0.15, -0.1) is 0 Å². The highest BCUT2D eigenvalue weighted by atomic mass is 16.5. The molecule has 0 radical (unpaired) electrons. The van der Waals surface area contributed by atoms with Crippen LogP contribution < -0.4 is 5.32 Å². The first-order valence-corrected chi connectivity index (χ1v) is 7.46. The number of rotatable bonds is 5. The van der Waals surface area contributed by atoms with Crippen LogP contribution in [0.4, 0.5) is 0 Å². The first-order chi connectivity index (χ1) is 9.10. The van der Waals surface area contributed by atoms with Crippen LogP contribution in [-0.2, 0) is 11.2 Å². The molecule has 1 fully saturated rings. The van der Waals surface area contributed by atoms with Crippen LogP contribution in [0.5, 0.6) is 0 Å². The minimum Gasteiger partial charge on any atom is -0.381 e. The number of benzene rings is 1. The Kier molecular flexibility index (Phi) is 5.00. The third kappa shape index (κ3) is 4.32. The molecule has 2 nitrogen and oxygen atoms in total. The molecule has 1 heterocycles. The van der Waals surface area contributed by atoms with Gasteiger partial charge in [-0.2, -0.15) is 0 Å². The van der Waals surface area contributed by atoms with Crippen molar-refractivity contribution in [3.05, 3.63) is 35.4 Å². The zero-order valence-corrected chi connectivity index (χ0v) is 12.5. The average molecular weight is 261 g/mol. The Labute approximate surface area is 117 Å². The predicted octanol–water partition coefficient (Wildman–Crippen LogP) is 3.33. The van der Waals surface area contributed by atoms with Gasteiger partial charge in [0, 0.05) is 25.8 Å². The summed E-state index contributed by atoms with van der Waals surface area (Å²) < 4.78 is 5.56. The van der Waals surface area contributed by atoms with Crippen LogP contribution in [0.25, 0.3) is 0 Å². The van der Waals surface area contributed by atoms with Gasteiger partial charge in [-0.05, 0) is 37.2 Å².